The number of allylic oxidation sites excluding steroid dienone is 9. The summed E-state index contributed by atoms with van der Waals surface area (Å²) < 4.78 is 22.7. The van der Waals surface area contributed by atoms with Crippen LogP contribution < -0.4 is 5.32 Å². The van der Waals surface area contributed by atoms with Crippen LogP contribution in [0.4, 0.5) is 0 Å². The van der Waals surface area contributed by atoms with Gasteiger partial charge in [-0.25, -0.2) is 0 Å². The summed E-state index contributed by atoms with van der Waals surface area (Å²) in [6.07, 6.45) is 38.2. The second-order valence-electron chi connectivity index (χ2n) is 20.1. The van der Waals surface area contributed by atoms with E-state index in [2.05, 4.69) is 67.8 Å². The first-order valence-electron chi connectivity index (χ1n) is 28.5. The molecular formula is C58H103NO13. The predicted octanol–water partition coefficient (Wildman–Crippen LogP) is 9.00. The van der Waals surface area contributed by atoms with Gasteiger partial charge in [0.25, 0.3) is 0 Å². The smallest absolute Gasteiger partial charge is 0.220 e. The number of hydrogen-bond donors (Lipinski definition) is 9. The normalized spacial score (nSPS) is 26.0. The van der Waals surface area contributed by atoms with Gasteiger partial charge in [-0.05, 0) is 70.6 Å². The topological polar surface area (TPSA) is 228 Å². The summed E-state index contributed by atoms with van der Waals surface area (Å²) in [6, 6.07) is -0.941. The molecule has 1 amide bonds. The number of amides is 1. The molecular weight excluding hydrogens is 919 g/mol. The number of hydrogen-bond acceptors (Lipinski definition) is 13. The number of aliphatic hydroxyl groups is 8. The van der Waals surface area contributed by atoms with Crippen molar-refractivity contribution < 1.29 is 64.6 Å². The predicted molar refractivity (Wildman–Crippen MR) is 286 cm³/mol. The Balaban J connectivity index is 1.82. The van der Waals surface area contributed by atoms with E-state index in [-0.39, 0.29) is 18.9 Å². The lowest BCUT2D eigenvalue weighted by Crippen LogP contribution is -2.65. The van der Waals surface area contributed by atoms with Crippen LogP contribution >= 0.6 is 0 Å². The molecule has 0 saturated carbocycles. The molecule has 0 bridgehead atoms. The van der Waals surface area contributed by atoms with Crippen LogP contribution in [0, 0.1) is 0 Å². The van der Waals surface area contributed by atoms with Crippen LogP contribution in [0.2, 0.25) is 0 Å². The Morgan fingerprint density at radius 2 is 0.931 bits per heavy atom. The average molecular weight is 1020 g/mol. The molecule has 0 aromatic heterocycles. The Kier molecular flexibility index (Phi) is 40.1. The Hall–Kier alpha value is -2.31. The third kappa shape index (κ3) is 29.7. The van der Waals surface area contributed by atoms with Gasteiger partial charge in [0.2, 0.25) is 5.91 Å². The SMILES string of the molecule is CCCCCCC/C=C\C/C=C\C/C=C\CCCCCCCCC(=O)NC(COC1OC(CO)C(OC2OC(CO)C(O)C(O)C2O)C(O)C1O)C(O)/C=C/CC/C=C/CCCCCCCCCCCCC. The van der Waals surface area contributed by atoms with Gasteiger partial charge < -0.3 is 65.1 Å². The molecule has 0 aromatic carbocycles. The lowest BCUT2D eigenvalue weighted by molar-refractivity contribution is -0.359. The third-order valence-electron chi connectivity index (χ3n) is 13.7. The van der Waals surface area contributed by atoms with Crippen molar-refractivity contribution in [2.24, 2.45) is 0 Å². The number of carbonyl (C=O) groups excluding carboxylic acids is 1. The summed E-state index contributed by atoms with van der Waals surface area (Å²) in [7, 11) is 0. The molecule has 0 radical (unpaired) electrons. The molecule has 12 unspecified atom stereocenters. The number of nitrogens with one attached hydrogen (secondary N) is 1. The molecule has 14 heteroatoms. The molecule has 14 nitrogen and oxygen atoms in total. The second kappa shape index (κ2) is 43.9. The largest absolute Gasteiger partial charge is 0.394 e. The van der Waals surface area contributed by atoms with E-state index in [0.717, 1.165) is 64.2 Å². The van der Waals surface area contributed by atoms with Crippen molar-refractivity contribution in [3.05, 3.63) is 60.8 Å². The monoisotopic (exact) mass is 1020 g/mol. The maximum absolute atomic E-state index is 13.2. The minimum absolute atomic E-state index is 0.257. The highest BCUT2D eigenvalue weighted by molar-refractivity contribution is 5.76. The van der Waals surface area contributed by atoms with Gasteiger partial charge in [-0.1, -0.05) is 190 Å². The fourth-order valence-electron chi connectivity index (χ4n) is 9.02. The van der Waals surface area contributed by atoms with Crippen molar-refractivity contribution in [1.82, 2.24) is 5.32 Å². The van der Waals surface area contributed by atoms with E-state index in [9.17, 15) is 45.6 Å². The van der Waals surface area contributed by atoms with Crippen LogP contribution in [0.25, 0.3) is 0 Å². The number of carbonyl (C=O) groups is 1. The Labute approximate surface area is 435 Å². The molecule has 9 N–H and O–H groups in total. The summed E-state index contributed by atoms with van der Waals surface area (Å²) >= 11 is 0. The molecule has 418 valence electrons. The zero-order valence-electron chi connectivity index (χ0n) is 44.7. The van der Waals surface area contributed by atoms with Crippen LogP contribution in [0.15, 0.2) is 60.8 Å². The molecule has 2 saturated heterocycles. The van der Waals surface area contributed by atoms with Gasteiger partial charge in [-0.15, -0.1) is 0 Å². The molecule has 2 fully saturated rings. The molecule has 72 heavy (non-hydrogen) atoms. The van der Waals surface area contributed by atoms with Gasteiger partial charge in [0, 0.05) is 6.42 Å². The second-order valence-corrected chi connectivity index (χ2v) is 20.1. The molecule has 2 aliphatic rings. The molecule has 0 aliphatic carbocycles. The zero-order chi connectivity index (χ0) is 52.4. The Morgan fingerprint density at radius 1 is 0.500 bits per heavy atom. The lowest BCUT2D eigenvalue weighted by atomic mass is 9.97. The van der Waals surface area contributed by atoms with Crippen LogP contribution in [-0.2, 0) is 23.7 Å². The maximum atomic E-state index is 13.2. The first kappa shape index (κ1) is 65.8. The molecule has 2 aliphatic heterocycles. The van der Waals surface area contributed by atoms with Crippen molar-refractivity contribution >= 4 is 5.91 Å². The van der Waals surface area contributed by atoms with Crippen molar-refractivity contribution in [1.29, 1.82) is 0 Å². The first-order valence-corrected chi connectivity index (χ1v) is 28.5. The highest BCUT2D eigenvalue weighted by atomic mass is 16.7. The molecule has 2 rings (SSSR count). The number of unbranched alkanes of at least 4 members (excludes halogenated alkanes) is 23. The zero-order valence-corrected chi connectivity index (χ0v) is 44.7. The van der Waals surface area contributed by atoms with Crippen LogP contribution in [0.3, 0.4) is 0 Å². The minimum Gasteiger partial charge on any atom is -0.394 e. The third-order valence-corrected chi connectivity index (χ3v) is 13.7. The minimum atomic E-state index is -1.79. The summed E-state index contributed by atoms with van der Waals surface area (Å²) in [4.78, 5) is 13.2. The van der Waals surface area contributed by atoms with Gasteiger partial charge in [-0.2, -0.15) is 0 Å². The van der Waals surface area contributed by atoms with E-state index in [1.54, 1.807) is 6.08 Å². The first-order chi connectivity index (χ1) is 35.1. The van der Waals surface area contributed by atoms with Gasteiger partial charge in [-0.3, -0.25) is 4.79 Å². The van der Waals surface area contributed by atoms with E-state index >= 15 is 0 Å². The van der Waals surface area contributed by atoms with E-state index in [4.69, 9.17) is 18.9 Å². The Morgan fingerprint density at radius 3 is 1.46 bits per heavy atom. The summed E-state index contributed by atoms with van der Waals surface area (Å²) in [5, 5.41) is 86.9. The van der Waals surface area contributed by atoms with Crippen molar-refractivity contribution in [2.75, 3.05) is 19.8 Å². The summed E-state index contributed by atoms with van der Waals surface area (Å²) in [6.45, 7) is 2.75. The van der Waals surface area contributed by atoms with Gasteiger partial charge in [0.15, 0.2) is 12.6 Å². The number of rotatable bonds is 44. The lowest BCUT2D eigenvalue weighted by Gasteiger charge is -2.46. The van der Waals surface area contributed by atoms with Crippen molar-refractivity contribution in [3.63, 3.8) is 0 Å². The molecule has 2 heterocycles. The molecule has 12 atom stereocenters. The number of aliphatic hydroxyl groups excluding tert-OH is 8. The van der Waals surface area contributed by atoms with Crippen LogP contribution in [0.5, 0.6) is 0 Å². The fourth-order valence-corrected chi connectivity index (χ4v) is 9.02. The molecule has 0 aromatic rings. The molecule has 0 spiro atoms. The average Bonchev–Trinajstić information content (AvgIpc) is 3.38. The van der Waals surface area contributed by atoms with Gasteiger partial charge >= 0.3 is 0 Å². The van der Waals surface area contributed by atoms with E-state index in [0.29, 0.717) is 12.8 Å². The van der Waals surface area contributed by atoms with Crippen LogP contribution in [-0.4, -0.2) is 140 Å². The van der Waals surface area contributed by atoms with E-state index < -0.39 is 86.8 Å². The standard InChI is InChI=1S/C58H103NO13/c1-3-5-7-9-11-13-15-17-19-21-22-23-24-26-28-30-32-34-36-38-40-42-50(63)59-46(47(62)41-39-37-35-33-31-29-27-25-20-18-16-14-12-10-8-6-4-2)45-69-57-55(68)53(66)56(49(44-61)71-57)72-58-54(67)52(65)51(64)48(43-60)70-58/h15,17,21-22,24,26,31,33,39,41,46-49,51-58,60-62,64-68H,3-14,16,18-20,23,25,27-30,32,34-38,40,42-45H2,1-2H3,(H,59,63)/b17-15-,22-21-,26-24-,33-31+,41-39+. The number of ether oxygens (including phenoxy) is 4. The Bertz CT molecular complexity index is 1440. The highest BCUT2D eigenvalue weighted by Gasteiger charge is 2.51. The van der Waals surface area contributed by atoms with Crippen molar-refractivity contribution in [3.8, 4) is 0 Å². The van der Waals surface area contributed by atoms with Crippen molar-refractivity contribution in [2.45, 2.75) is 280 Å². The highest BCUT2D eigenvalue weighted by Crippen LogP contribution is 2.30. The summed E-state index contributed by atoms with van der Waals surface area (Å²) in [5.74, 6) is -0.263. The maximum Gasteiger partial charge on any atom is 0.220 e. The quantitative estimate of drug-likeness (QED) is 0.0205. The van der Waals surface area contributed by atoms with Crippen LogP contribution in [0.1, 0.15) is 206 Å². The fraction of sp³-hybridized carbons (Fsp3) is 0.810. The van der Waals surface area contributed by atoms with E-state index in [1.165, 1.54) is 109 Å². The summed E-state index contributed by atoms with van der Waals surface area (Å²) in [5.41, 5.74) is 0. The van der Waals surface area contributed by atoms with E-state index in [1.807, 2.05) is 6.08 Å². The van der Waals surface area contributed by atoms with Gasteiger partial charge in [0.05, 0.1) is 32.0 Å². The van der Waals surface area contributed by atoms with Gasteiger partial charge in [0.1, 0.15) is 48.8 Å².